The third-order valence-corrected chi connectivity index (χ3v) is 17.8. The average molecular weight is 558 g/mol. The fourth-order valence-corrected chi connectivity index (χ4v) is 6.67. The van der Waals surface area contributed by atoms with Crippen molar-refractivity contribution in [2.75, 3.05) is 13.2 Å². The molecule has 206 valence electrons. The molecule has 0 amide bonds. The van der Waals surface area contributed by atoms with Gasteiger partial charge in [-0.2, -0.15) is 8.42 Å². The maximum absolute atomic E-state index is 13.1. The Balaban J connectivity index is 3.49. The molecule has 0 heterocycles. The first kappa shape index (κ1) is 32.8. The van der Waals surface area contributed by atoms with Crippen molar-refractivity contribution >= 4 is 26.8 Å². The van der Waals surface area contributed by atoms with Crippen molar-refractivity contribution in [2.24, 2.45) is 11.0 Å². The van der Waals surface area contributed by atoms with Crippen LogP contribution in [0.25, 0.3) is 10.4 Å². The summed E-state index contributed by atoms with van der Waals surface area (Å²) in [6, 6.07) is 6.57. The molecule has 3 atom stereocenters. The molecule has 0 unspecified atom stereocenters. The number of rotatable bonds is 12. The summed E-state index contributed by atoms with van der Waals surface area (Å²) < 4.78 is 45.4. The SMILES string of the molecule is Cc1ccc(S(=O)(=O)OC[C@@H](O[Si](C)(C)C(C)(C)C)[C@@H](O[Si](C)(C)C(C)(C)C)[C@@H](C)CN=[N+]=[N-])cc1. The number of hydrogen-bond acceptors (Lipinski definition) is 6. The molecule has 0 saturated carbocycles. The van der Waals surface area contributed by atoms with E-state index in [1.165, 1.54) is 0 Å². The van der Waals surface area contributed by atoms with E-state index in [0.29, 0.717) is 0 Å². The molecule has 0 radical (unpaired) electrons. The van der Waals surface area contributed by atoms with Gasteiger partial charge in [0.15, 0.2) is 16.6 Å². The topological polar surface area (TPSA) is 111 Å². The molecule has 0 aliphatic heterocycles. The molecule has 1 rings (SSSR count). The monoisotopic (exact) mass is 557 g/mol. The molecule has 1 aromatic carbocycles. The summed E-state index contributed by atoms with van der Waals surface area (Å²) >= 11 is 0. The van der Waals surface area contributed by atoms with Crippen LogP contribution in [0.15, 0.2) is 34.3 Å². The van der Waals surface area contributed by atoms with E-state index in [1.54, 1.807) is 24.3 Å². The summed E-state index contributed by atoms with van der Waals surface area (Å²) in [4.78, 5) is 3.03. The first-order valence-corrected chi connectivity index (χ1v) is 19.7. The fraction of sp³-hybridized carbons (Fsp3) is 0.760. The summed E-state index contributed by atoms with van der Waals surface area (Å²) in [5, 5.41) is 3.59. The quantitative estimate of drug-likeness (QED) is 0.0872. The van der Waals surface area contributed by atoms with Crippen molar-refractivity contribution in [3.8, 4) is 0 Å². The molecule has 11 heteroatoms. The second-order valence-electron chi connectivity index (χ2n) is 12.7. The summed E-state index contributed by atoms with van der Waals surface area (Å²) in [5.41, 5.74) is 9.90. The van der Waals surface area contributed by atoms with Crippen LogP contribution in [0.5, 0.6) is 0 Å². The van der Waals surface area contributed by atoms with Crippen LogP contribution in [-0.4, -0.2) is 50.4 Å². The Bertz CT molecular complexity index is 1010. The predicted octanol–water partition coefficient (Wildman–Crippen LogP) is 7.43. The van der Waals surface area contributed by atoms with E-state index < -0.39 is 39.0 Å². The van der Waals surface area contributed by atoms with Gasteiger partial charge in [0.2, 0.25) is 0 Å². The third-order valence-electron chi connectivity index (χ3n) is 7.55. The van der Waals surface area contributed by atoms with Crippen molar-refractivity contribution in [1.82, 2.24) is 0 Å². The summed E-state index contributed by atoms with van der Waals surface area (Å²) in [7, 11) is -8.66. The van der Waals surface area contributed by atoms with E-state index in [0.717, 1.165) is 5.56 Å². The predicted molar refractivity (Wildman–Crippen MR) is 152 cm³/mol. The van der Waals surface area contributed by atoms with Crippen LogP contribution in [0, 0.1) is 12.8 Å². The Morgan fingerprint density at radius 2 is 1.42 bits per heavy atom. The summed E-state index contributed by atoms with van der Waals surface area (Å²) in [6.07, 6.45) is -1.18. The van der Waals surface area contributed by atoms with Crippen molar-refractivity contribution < 1.29 is 21.5 Å². The molecule has 0 bridgehead atoms. The highest BCUT2D eigenvalue weighted by Gasteiger charge is 2.46. The van der Waals surface area contributed by atoms with Crippen molar-refractivity contribution in [2.45, 2.75) is 109 Å². The normalized spacial score (nSPS) is 16.2. The number of azide groups is 1. The van der Waals surface area contributed by atoms with E-state index >= 15 is 0 Å². The van der Waals surface area contributed by atoms with Crippen LogP contribution in [0.1, 0.15) is 54.0 Å². The van der Waals surface area contributed by atoms with E-state index in [4.69, 9.17) is 18.6 Å². The van der Waals surface area contributed by atoms with Gasteiger partial charge in [-0.1, -0.05) is 71.3 Å². The van der Waals surface area contributed by atoms with Gasteiger partial charge in [-0.25, -0.2) is 0 Å². The minimum atomic E-state index is -4.00. The third kappa shape index (κ3) is 8.97. The van der Waals surface area contributed by atoms with Crippen molar-refractivity contribution in [3.63, 3.8) is 0 Å². The summed E-state index contributed by atoms with van der Waals surface area (Å²) in [6.45, 7) is 25.2. The Kier molecular flexibility index (Phi) is 11.0. The standard InChI is InChI=1S/C25H47N3O5SSi2/c1-19-13-15-21(16-14-19)34(29,30)31-18-22(32-35(9,10)24(3,4)5)23(20(2)17-27-28-26)33-36(11,12)25(6,7)8/h13-16,20,22-23H,17-18H2,1-12H3/t20-,22+,23-/m0/s1. The lowest BCUT2D eigenvalue weighted by molar-refractivity contribution is -0.0162. The highest BCUT2D eigenvalue weighted by molar-refractivity contribution is 7.86. The lowest BCUT2D eigenvalue weighted by Gasteiger charge is -2.46. The Labute approximate surface area is 221 Å². The van der Waals surface area contributed by atoms with Crippen LogP contribution >= 0.6 is 0 Å². The Morgan fingerprint density at radius 3 is 1.86 bits per heavy atom. The lowest BCUT2D eigenvalue weighted by atomic mass is 10.0. The number of aryl methyl sites for hydroxylation is 1. The van der Waals surface area contributed by atoms with Crippen LogP contribution in [0.3, 0.4) is 0 Å². The zero-order valence-electron chi connectivity index (χ0n) is 24.2. The molecule has 1 aromatic rings. The molecule has 36 heavy (non-hydrogen) atoms. The molecule has 0 N–H and O–H groups in total. The second kappa shape index (κ2) is 12.1. The van der Waals surface area contributed by atoms with Gasteiger partial charge >= 0.3 is 0 Å². The van der Waals surface area contributed by atoms with Gasteiger partial charge in [0.1, 0.15) is 0 Å². The fourth-order valence-electron chi connectivity index (χ4n) is 3.03. The average Bonchev–Trinajstić information content (AvgIpc) is 2.72. The molecule has 0 saturated heterocycles. The molecule has 0 aliphatic carbocycles. The Hall–Kier alpha value is -1.21. The largest absolute Gasteiger partial charge is 0.411 e. The molecule has 0 fully saturated rings. The highest BCUT2D eigenvalue weighted by atomic mass is 32.2. The summed E-state index contributed by atoms with van der Waals surface area (Å²) in [5.74, 6) is -0.213. The first-order valence-electron chi connectivity index (χ1n) is 12.5. The minimum absolute atomic E-state index is 0.0835. The van der Waals surface area contributed by atoms with Crippen LogP contribution < -0.4 is 0 Å². The molecule has 0 aromatic heterocycles. The molecule has 0 spiro atoms. The van der Waals surface area contributed by atoms with Gasteiger partial charge in [-0.05, 0) is 66.8 Å². The van der Waals surface area contributed by atoms with Gasteiger partial charge in [0.05, 0.1) is 23.7 Å². The van der Waals surface area contributed by atoms with Gasteiger partial charge in [0, 0.05) is 11.5 Å². The molecule has 8 nitrogen and oxygen atoms in total. The zero-order chi connectivity index (χ0) is 28.2. The second-order valence-corrected chi connectivity index (χ2v) is 23.8. The van der Waals surface area contributed by atoms with E-state index in [-0.39, 0.29) is 34.0 Å². The smallest absolute Gasteiger partial charge is 0.297 e. The van der Waals surface area contributed by atoms with Crippen LogP contribution in [0.4, 0.5) is 0 Å². The highest BCUT2D eigenvalue weighted by Crippen LogP contribution is 2.41. The zero-order valence-corrected chi connectivity index (χ0v) is 27.1. The number of benzene rings is 1. The van der Waals surface area contributed by atoms with E-state index in [2.05, 4.69) is 77.8 Å². The van der Waals surface area contributed by atoms with Gasteiger partial charge in [-0.15, -0.1) is 0 Å². The Morgan fingerprint density at radius 1 is 0.944 bits per heavy atom. The van der Waals surface area contributed by atoms with E-state index in [9.17, 15) is 8.42 Å². The van der Waals surface area contributed by atoms with Gasteiger partial charge < -0.3 is 8.85 Å². The van der Waals surface area contributed by atoms with E-state index in [1.807, 2.05) is 13.8 Å². The maximum Gasteiger partial charge on any atom is 0.297 e. The van der Waals surface area contributed by atoms with Gasteiger partial charge in [-0.3, -0.25) is 4.18 Å². The first-order chi connectivity index (χ1) is 16.1. The molecule has 0 aliphatic rings. The van der Waals surface area contributed by atoms with Crippen LogP contribution in [0.2, 0.25) is 36.3 Å². The number of nitrogens with zero attached hydrogens (tertiary/aromatic N) is 3. The van der Waals surface area contributed by atoms with Crippen molar-refractivity contribution in [1.29, 1.82) is 0 Å². The van der Waals surface area contributed by atoms with Gasteiger partial charge in [0.25, 0.3) is 10.1 Å². The van der Waals surface area contributed by atoms with Crippen LogP contribution in [-0.2, 0) is 23.2 Å². The maximum atomic E-state index is 13.1. The number of hydrogen-bond donors (Lipinski definition) is 0. The molecular formula is C25H47N3O5SSi2. The van der Waals surface area contributed by atoms with Crippen molar-refractivity contribution in [3.05, 3.63) is 40.3 Å². The molecular weight excluding hydrogens is 511 g/mol. The lowest BCUT2D eigenvalue weighted by Crippen LogP contribution is -2.55. The minimum Gasteiger partial charge on any atom is -0.411 e.